The van der Waals surface area contributed by atoms with Crippen molar-refractivity contribution >= 4 is 17.4 Å². The number of halogens is 3. The van der Waals surface area contributed by atoms with Crippen LogP contribution in [0.25, 0.3) is 16.8 Å². The van der Waals surface area contributed by atoms with Crippen LogP contribution in [0, 0.1) is 0 Å². The molecule has 0 aliphatic carbocycles. The fourth-order valence-corrected chi connectivity index (χ4v) is 3.55. The van der Waals surface area contributed by atoms with Crippen LogP contribution in [-0.4, -0.2) is 19.7 Å². The molecule has 0 fully saturated rings. The van der Waals surface area contributed by atoms with E-state index in [1.165, 1.54) is 24.0 Å². The minimum atomic E-state index is -4.67. The van der Waals surface area contributed by atoms with Crippen molar-refractivity contribution in [1.29, 1.82) is 0 Å². The Balaban J connectivity index is 1.79. The molecule has 0 saturated carbocycles. The zero-order valence-corrected chi connectivity index (χ0v) is 14.5. The molecule has 136 valence electrons. The lowest BCUT2D eigenvalue weighted by Crippen LogP contribution is -2.07. The van der Waals surface area contributed by atoms with Crippen molar-refractivity contribution in [3.63, 3.8) is 0 Å². The highest BCUT2D eigenvalue weighted by molar-refractivity contribution is 7.99. The summed E-state index contributed by atoms with van der Waals surface area (Å²) in [7, 11) is 0. The highest BCUT2D eigenvalue weighted by Crippen LogP contribution is 2.40. The summed E-state index contributed by atoms with van der Waals surface area (Å²) < 4.78 is 41.2. The Morgan fingerprint density at radius 2 is 1.56 bits per heavy atom. The van der Waals surface area contributed by atoms with Gasteiger partial charge in [-0.15, -0.1) is 0 Å². The first-order valence-corrected chi connectivity index (χ1v) is 8.72. The standard InChI is InChI=1S/C19H12F3N3OS/c20-19(21,22)17-16(18-23-11-10-15(26)25(18)24-17)12-6-8-14(9-7-12)27-13-4-2-1-3-5-13/h1-11,26H. The highest BCUT2D eigenvalue weighted by atomic mass is 32.2. The van der Waals surface area contributed by atoms with Crippen LogP contribution >= 0.6 is 11.8 Å². The van der Waals surface area contributed by atoms with Crippen molar-refractivity contribution in [2.75, 3.05) is 0 Å². The molecule has 27 heavy (non-hydrogen) atoms. The molecule has 0 bridgehead atoms. The van der Waals surface area contributed by atoms with Gasteiger partial charge < -0.3 is 5.11 Å². The van der Waals surface area contributed by atoms with Gasteiger partial charge in [0, 0.05) is 22.1 Å². The van der Waals surface area contributed by atoms with Gasteiger partial charge in [-0.1, -0.05) is 42.1 Å². The van der Waals surface area contributed by atoms with Gasteiger partial charge in [0.1, 0.15) is 0 Å². The topological polar surface area (TPSA) is 50.4 Å². The largest absolute Gasteiger partial charge is 0.493 e. The lowest BCUT2D eigenvalue weighted by Gasteiger charge is -2.07. The Kier molecular flexibility index (Phi) is 4.27. The zero-order valence-electron chi connectivity index (χ0n) is 13.7. The van der Waals surface area contributed by atoms with Crippen LogP contribution < -0.4 is 0 Å². The van der Waals surface area contributed by atoms with Crippen molar-refractivity contribution < 1.29 is 18.3 Å². The minimum absolute atomic E-state index is 0.0502. The van der Waals surface area contributed by atoms with E-state index in [4.69, 9.17) is 0 Å². The molecule has 2 aromatic heterocycles. The lowest BCUT2D eigenvalue weighted by atomic mass is 10.1. The van der Waals surface area contributed by atoms with Crippen LogP contribution in [0.4, 0.5) is 13.2 Å². The molecule has 0 radical (unpaired) electrons. The number of benzene rings is 2. The first-order valence-electron chi connectivity index (χ1n) is 7.91. The second kappa shape index (κ2) is 6.62. The van der Waals surface area contributed by atoms with E-state index in [-0.39, 0.29) is 11.2 Å². The number of hydrogen-bond acceptors (Lipinski definition) is 4. The molecule has 4 rings (SSSR count). The molecular weight excluding hydrogens is 375 g/mol. The smallest absolute Gasteiger partial charge is 0.435 e. The van der Waals surface area contributed by atoms with E-state index in [9.17, 15) is 18.3 Å². The first kappa shape index (κ1) is 17.4. The molecule has 0 unspecified atom stereocenters. The van der Waals surface area contributed by atoms with E-state index in [1.807, 2.05) is 30.3 Å². The zero-order chi connectivity index (χ0) is 19.0. The van der Waals surface area contributed by atoms with Gasteiger partial charge in [-0.3, -0.25) is 0 Å². The molecule has 2 heterocycles. The summed E-state index contributed by atoms with van der Waals surface area (Å²) in [6, 6.07) is 17.6. The van der Waals surface area contributed by atoms with Crippen molar-refractivity contribution in [2.45, 2.75) is 16.0 Å². The summed E-state index contributed by atoms with van der Waals surface area (Å²) in [6.07, 6.45) is -3.43. The van der Waals surface area contributed by atoms with Crippen LogP contribution in [-0.2, 0) is 6.18 Å². The Morgan fingerprint density at radius 1 is 0.889 bits per heavy atom. The maximum atomic E-state index is 13.5. The molecule has 1 N–H and O–H groups in total. The third-order valence-corrected chi connectivity index (χ3v) is 4.90. The quantitative estimate of drug-likeness (QED) is 0.520. The van der Waals surface area contributed by atoms with Crippen LogP contribution in [0.1, 0.15) is 5.69 Å². The fraction of sp³-hybridized carbons (Fsp3) is 0.0526. The summed E-state index contributed by atoms with van der Waals surface area (Å²) in [4.78, 5) is 5.90. The normalized spacial score (nSPS) is 11.8. The molecule has 4 nitrogen and oxygen atoms in total. The molecule has 0 aliphatic heterocycles. The molecule has 0 aliphatic rings. The van der Waals surface area contributed by atoms with E-state index in [2.05, 4.69) is 10.1 Å². The van der Waals surface area contributed by atoms with Crippen molar-refractivity contribution in [2.24, 2.45) is 0 Å². The summed E-state index contributed by atoms with van der Waals surface area (Å²) >= 11 is 1.51. The summed E-state index contributed by atoms with van der Waals surface area (Å²) in [5.41, 5.74) is -0.965. The average Bonchev–Trinajstić information content (AvgIpc) is 3.05. The Morgan fingerprint density at radius 3 is 2.22 bits per heavy atom. The second-order valence-electron chi connectivity index (χ2n) is 5.70. The molecule has 0 spiro atoms. The third kappa shape index (κ3) is 3.35. The lowest BCUT2D eigenvalue weighted by molar-refractivity contribution is -0.140. The number of alkyl halides is 3. The summed E-state index contributed by atoms with van der Waals surface area (Å²) in [6.45, 7) is 0. The number of aromatic nitrogens is 3. The maximum Gasteiger partial charge on any atom is 0.435 e. The van der Waals surface area contributed by atoms with E-state index in [0.717, 1.165) is 14.3 Å². The Hall–Kier alpha value is -3.00. The summed E-state index contributed by atoms with van der Waals surface area (Å²) in [5, 5.41) is 13.3. The van der Waals surface area contributed by atoms with Gasteiger partial charge in [-0.25, -0.2) is 4.98 Å². The summed E-state index contributed by atoms with van der Waals surface area (Å²) in [5.74, 6) is -0.409. The monoisotopic (exact) mass is 387 g/mol. The van der Waals surface area contributed by atoms with Crippen LogP contribution in [0.2, 0.25) is 0 Å². The minimum Gasteiger partial charge on any atom is -0.493 e. The van der Waals surface area contributed by atoms with Crippen LogP contribution in [0.15, 0.2) is 76.7 Å². The van der Waals surface area contributed by atoms with Gasteiger partial charge in [0.05, 0.1) is 5.56 Å². The second-order valence-corrected chi connectivity index (χ2v) is 6.85. The fourth-order valence-electron chi connectivity index (χ4n) is 2.71. The first-order chi connectivity index (χ1) is 12.9. The van der Waals surface area contributed by atoms with Crippen LogP contribution in [0.3, 0.4) is 0 Å². The number of nitrogens with zero attached hydrogens (tertiary/aromatic N) is 3. The van der Waals surface area contributed by atoms with E-state index in [1.54, 1.807) is 24.3 Å². The Labute approximate surface area is 156 Å². The van der Waals surface area contributed by atoms with Crippen molar-refractivity contribution in [1.82, 2.24) is 14.6 Å². The Bertz CT molecular complexity index is 1090. The van der Waals surface area contributed by atoms with Gasteiger partial charge in [-0.2, -0.15) is 22.8 Å². The van der Waals surface area contributed by atoms with Gasteiger partial charge >= 0.3 is 6.18 Å². The number of hydrogen-bond donors (Lipinski definition) is 1. The molecule has 0 atom stereocenters. The molecule has 0 saturated heterocycles. The van der Waals surface area contributed by atoms with Gasteiger partial charge in [-0.05, 0) is 29.8 Å². The average molecular weight is 387 g/mol. The van der Waals surface area contributed by atoms with Gasteiger partial charge in [0.15, 0.2) is 11.3 Å². The SMILES string of the molecule is Oc1ccnc2c(-c3ccc(Sc4ccccc4)cc3)c(C(F)(F)F)nn12. The number of aromatic hydroxyl groups is 1. The van der Waals surface area contributed by atoms with E-state index >= 15 is 0 Å². The van der Waals surface area contributed by atoms with Crippen molar-refractivity contribution in [3.05, 3.63) is 72.6 Å². The molecular formula is C19H12F3N3OS. The maximum absolute atomic E-state index is 13.5. The van der Waals surface area contributed by atoms with E-state index < -0.39 is 17.8 Å². The van der Waals surface area contributed by atoms with Crippen LogP contribution in [0.5, 0.6) is 5.88 Å². The molecule has 2 aromatic carbocycles. The highest BCUT2D eigenvalue weighted by Gasteiger charge is 2.39. The van der Waals surface area contributed by atoms with Gasteiger partial charge in [0.25, 0.3) is 0 Å². The number of fused-ring (bicyclic) bond motifs is 1. The van der Waals surface area contributed by atoms with E-state index in [0.29, 0.717) is 5.56 Å². The number of rotatable bonds is 3. The third-order valence-electron chi connectivity index (χ3n) is 3.89. The van der Waals surface area contributed by atoms with Crippen molar-refractivity contribution in [3.8, 4) is 17.0 Å². The molecule has 0 amide bonds. The molecule has 4 aromatic rings. The predicted octanol–water partition coefficient (Wildman–Crippen LogP) is 5.27. The predicted molar refractivity (Wildman–Crippen MR) is 95.7 cm³/mol. The van der Waals surface area contributed by atoms with Gasteiger partial charge in [0.2, 0.25) is 5.88 Å². The molecule has 8 heteroatoms.